The van der Waals surface area contributed by atoms with Crippen LogP contribution in [0.5, 0.6) is 0 Å². The summed E-state index contributed by atoms with van der Waals surface area (Å²) in [7, 11) is 0. The van der Waals surface area contributed by atoms with Crippen LogP contribution in [0.2, 0.25) is 0 Å². The van der Waals surface area contributed by atoms with Gasteiger partial charge in [0.25, 0.3) is 0 Å². The van der Waals surface area contributed by atoms with Crippen molar-refractivity contribution in [3.63, 3.8) is 0 Å². The fourth-order valence-electron chi connectivity index (χ4n) is 2.42. The molecule has 0 spiro atoms. The number of carboxylic acid groups (broad SMARTS) is 1. The van der Waals surface area contributed by atoms with Crippen LogP contribution in [-0.4, -0.2) is 29.1 Å². The van der Waals surface area contributed by atoms with E-state index in [0.717, 1.165) is 43.1 Å². The summed E-state index contributed by atoms with van der Waals surface area (Å²) < 4.78 is 0. The second-order valence-corrected chi connectivity index (χ2v) is 6.19. The third-order valence-electron chi connectivity index (χ3n) is 3.52. The number of aromatic carboxylic acids is 1. The van der Waals surface area contributed by atoms with Gasteiger partial charge in [0, 0.05) is 25.2 Å². The first-order valence-electron chi connectivity index (χ1n) is 7.67. The largest absolute Gasteiger partial charge is 0.477 e. The third-order valence-corrected chi connectivity index (χ3v) is 4.67. The lowest BCUT2D eigenvalue weighted by Crippen LogP contribution is -2.25. The molecule has 5 heteroatoms. The highest BCUT2D eigenvalue weighted by Crippen LogP contribution is 2.22. The van der Waals surface area contributed by atoms with E-state index >= 15 is 0 Å². The van der Waals surface area contributed by atoms with Crippen molar-refractivity contribution >= 4 is 23.0 Å². The molecule has 0 aliphatic rings. The van der Waals surface area contributed by atoms with Crippen molar-refractivity contribution in [1.82, 2.24) is 4.98 Å². The van der Waals surface area contributed by atoms with Gasteiger partial charge in [0.2, 0.25) is 0 Å². The quantitative estimate of drug-likeness (QED) is 0.803. The maximum absolute atomic E-state index is 11.3. The van der Waals surface area contributed by atoms with Crippen LogP contribution in [0.1, 0.15) is 40.6 Å². The minimum Gasteiger partial charge on any atom is -0.477 e. The molecule has 0 fully saturated rings. The average Bonchev–Trinajstić information content (AvgIpc) is 2.93. The Morgan fingerprint density at radius 3 is 2.55 bits per heavy atom. The number of hydrogen-bond acceptors (Lipinski definition) is 4. The van der Waals surface area contributed by atoms with Crippen molar-refractivity contribution in [3.8, 4) is 0 Å². The van der Waals surface area contributed by atoms with Crippen molar-refractivity contribution in [2.75, 3.05) is 18.0 Å². The summed E-state index contributed by atoms with van der Waals surface area (Å²) in [5, 5.41) is 10.2. The highest BCUT2D eigenvalue weighted by molar-refractivity contribution is 7.13. The zero-order valence-electron chi connectivity index (χ0n) is 13.1. The van der Waals surface area contributed by atoms with Gasteiger partial charge in [0.15, 0.2) is 0 Å². The van der Waals surface area contributed by atoms with Gasteiger partial charge in [-0.1, -0.05) is 31.5 Å². The van der Waals surface area contributed by atoms with Gasteiger partial charge in [0.05, 0.1) is 10.7 Å². The first kappa shape index (κ1) is 16.5. The molecule has 1 N–H and O–H groups in total. The van der Waals surface area contributed by atoms with Gasteiger partial charge in [-0.15, -0.1) is 11.3 Å². The predicted octanol–water partition coefficient (Wildman–Crippen LogP) is 3.86. The number of nitrogens with zero attached hydrogens (tertiary/aromatic N) is 2. The van der Waals surface area contributed by atoms with Gasteiger partial charge in [0.1, 0.15) is 4.88 Å². The first-order chi connectivity index (χ1) is 10.7. The molecule has 1 aromatic carbocycles. The summed E-state index contributed by atoms with van der Waals surface area (Å²) in [6, 6.07) is 10.3. The molecule has 0 saturated carbocycles. The number of anilines is 1. The molecule has 118 valence electrons. The topological polar surface area (TPSA) is 53.4 Å². The van der Waals surface area contributed by atoms with Crippen LogP contribution in [0, 0.1) is 0 Å². The molecule has 0 radical (unpaired) electrons. The molecule has 0 saturated heterocycles. The van der Waals surface area contributed by atoms with Gasteiger partial charge in [-0.25, -0.2) is 9.78 Å². The summed E-state index contributed by atoms with van der Waals surface area (Å²) >= 11 is 1.32. The van der Waals surface area contributed by atoms with E-state index in [2.05, 4.69) is 28.9 Å². The van der Waals surface area contributed by atoms with Gasteiger partial charge in [-0.05, 0) is 25.5 Å². The summed E-state index contributed by atoms with van der Waals surface area (Å²) in [6.45, 7) is 5.93. The smallest absolute Gasteiger partial charge is 0.347 e. The number of carboxylic acids is 1. The van der Waals surface area contributed by atoms with E-state index in [9.17, 15) is 9.90 Å². The zero-order valence-corrected chi connectivity index (χ0v) is 13.9. The molecular weight excluding hydrogens is 296 g/mol. The molecule has 0 aliphatic heterocycles. The maximum Gasteiger partial charge on any atom is 0.347 e. The lowest BCUT2D eigenvalue weighted by molar-refractivity contribution is 0.0700. The first-order valence-corrected chi connectivity index (χ1v) is 8.49. The van der Waals surface area contributed by atoms with Crippen molar-refractivity contribution < 1.29 is 9.90 Å². The molecule has 1 aromatic heterocycles. The molecule has 2 aromatic rings. The molecule has 2 rings (SSSR count). The third kappa shape index (κ3) is 4.07. The monoisotopic (exact) mass is 318 g/mol. The lowest BCUT2D eigenvalue weighted by Gasteiger charge is -2.22. The second-order valence-electron chi connectivity index (χ2n) is 5.10. The fourth-order valence-corrected chi connectivity index (χ4v) is 3.36. The number of rotatable bonds is 8. The number of likely N-dealkylation sites (N-methyl/N-ethyl adjacent to an activating group) is 1. The van der Waals surface area contributed by atoms with Gasteiger partial charge >= 0.3 is 5.97 Å². The van der Waals surface area contributed by atoms with Crippen LogP contribution >= 0.6 is 11.3 Å². The van der Waals surface area contributed by atoms with Crippen LogP contribution in [0.3, 0.4) is 0 Å². The average molecular weight is 318 g/mol. The molecule has 0 atom stereocenters. The second kappa shape index (κ2) is 7.94. The van der Waals surface area contributed by atoms with Crippen molar-refractivity contribution in [3.05, 3.63) is 45.9 Å². The molecule has 0 unspecified atom stereocenters. The van der Waals surface area contributed by atoms with Crippen molar-refractivity contribution in [2.24, 2.45) is 0 Å². The summed E-state index contributed by atoms with van der Waals surface area (Å²) in [5.41, 5.74) is 1.92. The van der Waals surface area contributed by atoms with Crippen LogP contribution in [0.15, 0.2) is 30.3 Å². The minimum absolute atomic E-state index is 0.402. The standard InChI is InChI=1S/C17H22N2O2S/c1-3-8-14-16(17(20)21)22-15(18-14)11-12-19(4-2)13-9-6-5-7-10-13/h5-7,9-10H,3-4,8,11-12H2,1-2H3,(H,20,21). The predicted molar refractivity (Wildman–Crippen MR) is 91.1 cm³/mol. The Bertz CT molecular complexity index is 610. The van der Waals surface area contributed by atoms with Gasteiger partial charge < -0.3 is 10.0 Å². The number of thiazole rings is 1. The minimum atomic E-state index is -0.859. The van der Waals surface area contributed by atoms with Gasteiger partial charge in [-0.3, -0.25) is 0 Å². The zero-order chi connectivity index (χ0) is 15.9. The maximum atomic E-state index is 11.3. The van der Waals surface area contributed by atoms with E-state index in [0.29, 0.717) is 4.88 Å². The Balaban J connectivity index is 2.07. The van der Waals surface area contributed by atoms with Crippen LogP contribution in [0.25, 0.3) is 0 Å². The Hall–Kier alpha value is -1.88. The molecule has 0 aliphatic carbocycles. The molecule has 1 heterocycles. The number of hydrogen-bond donors (Lipinski definition) is 1. The molecule has 4 nitrogen and oxygen atoms in total. The van der Waals surface area contributed by atoms with Crippen molar-refractivity contribution in [1.29, 1.82) is 0 Å². The summed E-state index contributed by atoms with van der Waals surface area (Å²) in [6.07, 6.45) is 2.42. The Kier molecular flexibility index (Phi) is 5.95. The van der Waals surface area contributed by atoms with Crippen molar-refractivity contribution in [2.45, 2.75) is 33.1 Å². The number of aromatic nitrogens is 1. The Labute approximate surface area is 135 Å². The number of aryl methyl sites for hydroxylation is 1. The molecule has 22 heavy (non-hydrogen) atoms. The van der Waals surface area contributed by atoms with Gasteiger partial charge in [-0.2, -0.15) is 0 Å². The fraction of sp³-hybridized carbons (Fsp3) is 0.412. The normalized spacial score (nSPS) is 10.6. The van der Waals surface area contributed by atoms with E-state index in [1.54, 1.807) is 0 Å². The molecule has 0 amide bonds. The van der Waals surface area contributed by atoms with Crippen LogP contribution < -0.4 is 4.90 Å². The highest BCUT2D eigenvalue weighted by atomic mass is 32.1. The van der Waals surface area contributed by atoms with E-state index in [1.807, 2.05) is 25.1 Å². The van der Waals surface area contributed by atoms with Crippen LogP contribution in [0.4, 0.5) is 5.69 Å². The Morgan fingerprint density at radius 1 is 1.23 bits per heavy atom. The summed E-state index contributed by atoms with van der Waals surface area (Å²) in [5.74, 6) is -0.859. The Morgan fingerprint density at radius 2 is 1.95 bits per heavy atom. The number of carbonyl (C=O) groups is 1. The highest BCUT2D eigenvalue weighted by Gasteiger charge is 2.17. The number of benzene rings is 1. The van der Waals surface area contributed by atoms with E-state index in [-0.39, 0.29) is 0 Å². The summed E-state index contributed by atoms with van der Waals surface area (Å²) in [4.78, 5) is 18.5. The molecular formula is C17H22N2O2S. The lowest BCUT2D eigenvalue weighted by atomic mass is 10.2. The number of para-hydroxylation sites is 1. The molecule has 0 bridgehead atoms. The van der Waals surface area contributed by atoms with E-state index in [1.165, 1.54) is 17.0 Å². The van der Waals surface area contributed by atoms with E-state index in [4.69, 9.17) is 0 Å². The van der Waals surface area contributed by atoms with Crippen LogP contribution in [-0.2, 0) is 12.8 Å². The SMILES string of the molecule is CCCc1nc(CCN(CC)c2ccccc2)sc1C(=O)O. The van der Waals surface area contributed by atoms with E-state index < -0.39 is 5.97 Å².